The van der Waals surface area contributed by atoms with Crippen molar-refractivity contribution in [1.29, 1.82) is 0 Å². The monoisotopic (exact) mass is 268 g/mol. The Bertz CT molecular complexity index is 747. The van der Waals surface area contributed by atoms with E-state index >= 15 is 0 Å². The molecule has 0 aliphatic carbocycles. The van der Waals surface area contributed by atoms with E-state index in [1.807, 2.05) is 12.1 Å². The lowest BCUT2D eigenvalue weighted by atomic mass is 10.2. The van der Waals surface area contributed by atoms with E-state index < -0.39 is 0 Å². The van der Waals surface area contributed by atoms with Gasteiger partial charge in [0.15, 0.2) is 12.0 Å². The van der Waals surface area contributed by atoms with Gasteiger partial charge in [0.2, 0.25) is 5.88 Å². The highest BCUT2D eigenvalue weighted by atomic mass is 16.5. The first-order valence-electron chi connectivity index (χ1n) is 6.12. The van der Waals surface area contributed by atoms with Crippen LogP contribution in [0, 0.1) is 0 Å². The van der Waals surface area contributed by atoms with Gasteiger partial charge in [0.05, 0.1) is 6.61 Å². The van der Waals surface area contributed by atoms with Crippen molar-refractivity contribution in [3.8, 4) is 11.6 Å². The molecule has 1 aromatic carbocycles. The summed E-state index contributed by atoms with van der Waals surface area (Å²) < 4.78 is 7.31. The van der Waals surface area contributed by atoms with Gasteiger partial charge >= 0.3 is 0 Å². The molecule has 0 saturated carbocycles. The smallest absolute Gasteiger partial charge is 0.249 e. The predicted molar refractivity (Wildman–Crippen MR) is 73.0 cm³/mol. The molecule has 0 spiro atoms. The van der Waals surface area contributed by atoms with Crippen molar-refractivity contribution in [3.05, 3.63) is 59.9 Å². The number of imidazole rings is 1. The Balaban J connectivity index is 1.99. The summed E-state index contributed by atoms with van der Waals surface area (Å²) in [7, 11) is 0. The fourth-order valence-electron chi connectivity index (χ4n) is 1.95. The van der Waals surface area contributed by atoms with Crippen molar-refractivity contribution in [2.75, 3.05) is 0 Å². The fourth-order valence-corrected chi connectivity index (χ4v) is 1.95. The highest BCUT2D eigenvalue weighted by Gasteiger charge is 2.13. The third-order valence-electron chi connectivity index (χ3n) is 2.97. The number of hydrogen-bond acceptors (Lipinski definition) is 4. The van der Waals surface area contributed by atoms with Gasteiger partial charge in [0, 0.05) is 6.20 Å². The molecule has 20 heavy (non-hydrogen) atoms. The number of aliphatic hydroxyl groups excluding tert-OH is 1. The summed E-state index contributed by atoms with van der Waals surface area (Å²) in [5.74, 6) is 0.830. The summed E-state index contributed by atoms with van der Waals surface area (Å²) in [5, 5.41) is 8.99. The second-order valence-electron chi connectivity index (χ2n) is 4.25. The molecule has 0 fully saturated rings. The molecule has 0 radical (unpaired) electrons. The molecule has 2 heterocycles. The van der Waals surface area contributed by atoms with Crippen LogP contribution in [0.3, 0.4) is 0 Å². The van der Waals surface area contributed by atoms with Gasteiger partial charge in [0.25, 0.3) is 0 Å². The zero-order chi connectivity index (χ0) is 13.9. The summed E-state index contributed by atoms with van der Waals surface area (Å²) in [6.45, 7) is -0.0196. The third-order valence-corrected chi connectivity index (χ3v) is 2.97. The molecule has 0 aliphatic heterocycles. The van der Waals surface area contributed by atoms with Crippen molar-refractivity contribution in [2.24, 2.45) is 0 Å². The Labute approximate surface area is 115 Å². The Hall–Kier alpha value is -2.66. The number of carbonyl (C=O) groups is 1. The molecule has 0 atom stereocenters. The molecule has 5 nitrogen and oxygen atoms in total. The number of benzene rings is 1. The van der Waals surface area contributed by atoms with E-state index in [2.05, 4.69) is 4.98 Å². The first-order chi connectivity index (χ1) is 9.81. The molecule has 0 saturated heterocycles. The molecule has 2 aromatic heterocycles. The van der Waals surface area contributed by atoms with Gasteiger partial charge in [-0.2, -0.15) is 4.98 Å². The van der Waals surface area contributed by atoms with Gasteiger partial charge < -0.3 is 9.84 Å². The number of hydrogen-bond donors (Lipinski definition) is 1. The molecule has 1 N–H and O–H groups in total. The van der Waals surface area contributed by atoms with E-state index in [0.29, 0.717) is 17.1 Å². The third kappa shape index (κ3) is 2.15. The van der Waals surface area contributed by atoms with Crippen molar-refractivity contribution < 1.29 is 14.6 Å². The normalized spacial score (nSPS) is 10.7. The average molecular weight is 268 g/mol. The van der Waals surface area contributed by atoms with Crippen LogP contribution >= 0.6 is 0 Å². The maximum Gasteiger partial charge on any atom is 0.249 e. The number of carbonyl (C=O) groups excluding carboxylic acids is 1. The Morgan fingerprint density at radius 1 is 1.20 bits per heavy atom. The minimum absolute atomic E-state index is 0.0196. The van der Waals surface area contributed by atoms with Gasteiger partial charge in [-0.1, -0.05) is 18.2 Å². The van der Waals surface area contributed by atoms with Crippen LogP contribution in [-0.2, 0) is 6.61 Å². The second kappa shape index (κ2) is 5.14. The van der Waals surface area contributed by atoms with E-state index in [1.165, 1.54) is 0 Å². The van der Waals surface area contributed by atoms with Crippen LogP contribution < -0.4 is 4.74 Å². The molecule has 0 bridgehead atoms. The largest absolute Gasteiger partial charge is 0.437 e. The van der Waals surface area contributed by atoms with E-state index in [1.54, 1.807) is 40.9 Å². The number of aldehydes is 1. The Morgan fingerprint density at radius 3 is 2.70 bits per heavy atom. The first-order valence-corrected chi connectivity index (χ1v) is 6.12. The molecule has 100 valence electrons. The van der Waals surface area contributed by atoms with Crippen molar-refractivity contribution in [3.63, 3.8) is 0 Å². The topological polar surface area (TPSA) is 63.8 Å². The fraction of sp³-hybridized carbons (Fsp3) is 0.0667. The van der Waals surface area contributed by atoms with E-state index in [-0.39, 0.29) is 12.5 Å². The van der Waals surface area contributed by atoms with Crippen molar-refractivity contribution >= 4 is 11.9 Å². The number of fused-ring (bicyclic) bond motifs is 1. The Kier molecular flexibility index (Phi) is 3.18. The van der Waals surface area contributed by atoms with Crippen molar-refractivity contribution in [1.82, 2.24) is 9.38 Å². The number of ether oxygens (including phenoxy) is 1. The number of pyridine rings is 1. The summed E-state index contributed by atoms with van der Waals surface area (Å²) >= 11 is 0. The van der Waals surface area contributed by atoms with Crippen molar-refractivity contribution in [2.45, 2.75) is 6.61 Å². The van der Waals surface area contributed by atoms with Gasteiger partial charge in [-0.25, -0.2) is 0 Å². The van der Waals surface area contributed by atoms with E-state index in [0.717, 1.165) is 11.8 Å². The minimum Gasteiger partial charge on any atom is -0.437 e. The van der Waals surface area contributed by atoms with Crippen LogP contribution in [0.15, 0.2) is 48.7 Å². The zero-order valence-electron chi connectivity index (χ0n) is 10.6. The summed E-state index contributed by atoms with van der Waals surface area (Å²) in [5.41, 5.74) is 1.81. The summed E-state index contributed by atoms with van der Waals surface area (Å²) in [4.78, 5) is 15.5. The molecule has 0 unspecified atom stereocenters. The van der Waals surface area contributed by atoms with Crippen LogP contribution in [0.4, 0.5) is 0 Å². The highest BCUT2D eigenvalue weighted by Crippen LogP contribution is 2.25. The lowest BCUT2D eigenvalue weighted by Gasteiger charge is -2.03. The summed E-state index contributed by atoms with van der Waals surface area (Å²) in [6, 6.07) is 12.4. The summed E-state index contributed by atoms with van der Waals surface area (Å²) in [6.07, 6.45) is 2.48. The van der Waals surface area contributed by atoms with Gasteiger partial charge in [-0.15, -0.1) is 0 Å². The molecule has 3 rings (SSSR count). The van der Waals surface area contributed by atoms with Gasteiger partial charge in [-0.05, 0) is 29.8 Å². The lowest BCUT2D eigenvalue weighted by Crippen LogP contribution is -1.93. The van der Waals surface area contributed by atoms with Crippen LogP contribution in [-0.4, -0.2) is 20.8 Å². The maximum absolute atomic E-state index is 11.2. The van der Waals surface area contributed by atoms with E-state index in [4.69, 9.17) is 9.84 Å². The SMILES string of the molecule is O=Cc1c(Oc2ccc(CO)cc2)nc2ccccn12. The number of rotatable bonds is 4. The molecular weight excluding hydrogens is 256 g/mol. The molecular formula is C15H12N2O3. The second-order valence-corrected chi connectivity index (χ2v) is 4.25. The van der Waals surface area contributed by atoms with Crippen LogP contribution in [0.5, 0.6) is 11.6 Å². The minimum atomic E-state index is -0.0196. The zero-order valence-corrected chi connectivity index (χ0v) is 10.6. The Morgan fingerprint density at radius 2 is 2.00 bits per heavy atom. The highest BCUT2D eigenvalue weighted by molar-refractivity contribution is 5.78. The standard InChI is InChI=1S/C15H12N2O3/c18-9-11-4-6-12(7-5-11)20-15-13(10-19)17-8-2-1-3-14(17)16-15/h1-8,10,18H,9H2. The molecule has 3 aromatic rings. The van der Waals surface area contributed by atoms with Gasteiger partial charge in [0.1, 0.15) is 11.4 Å². The molecule has 0 aliphatic rings. The molecule has 0 amide bonds. The first kappa shape index (κ1) is 12.4. The van der Waals surface area contributed by atoms with E-state index in [9.17, 15) is 4.79 Å². The van der Waals surface area contributed by atoms with Crippen LogP contribution in [0.1, 0.15) is 16.1 Å². The number of nitrogens with zero attached hydrogens (tertiary/aromatic N) is 2. The number of aliphatic hydroxyl groups is 1. The number of aromatic nitrogens is 2. The lowest BCUT2D eigenvalue weighted by molar-refractivity contribution is 0.111. The molecule has 5 heteroatoms. The van der Waals surface area contributed by atoms with Crippen LogP contribution in [0.2, 0.25) is 0 Å². The predicted octanol–water partition coefficient (Wildman–Crippen LogP) is 2.43. The average Bonchev–Trinajstić information content (AvgIpc) is 2.85. The van der Waals surface area contributed by atoms with Gasteiger partial charge in [-0.3, -0.25) is 9.20 Å². The maximum atomic E-state index is 11.2. The quantitative estimate of drug-likeness (QED) is 0.738. The van der Waals surface area contributed by atoms with Crippen LogP contribution in [0.25, 0.3) is 5.65 Å².